The molecule has 0 aliphatic carbocycles. The Labute approximate surface area is 73.8 Å². The second-order valence-electron chi connectivity index (χ2n) is 1.95. The number of hydrogen-bond acceptors (Lipinski definition) is 1. The molecule has 0 saturated carbocycles. The van der Waals surface area contributed by atoms with Gasteiger partial charge in [-0.05, 0) is 17.4 Å². The van der Waals surface area contributed by atoms with Crippen LogP contribution in [0.4, 0.5) is 0 Å². The lowest BCUT2D eigenvalue weighted by Crippen LogP contribution is -2.25. The molecule has 0 N–H and O–H groups in total. The molecule has 1 nitrogen and oxygen atoms in total. The van der Waals surface area contributed by atoms with Crippen molar-refractivity contribution in [1.82, 2.24) is 4.98 Å². The third kappa shape index (κ3) is 3.15. The maximum absolute atomic E-state index is 4.08. The molecule has 0 saturated heterocycles. The van der Waals surface area contributed by atoms with Crippen molar-refractivity contribution in [2.45, 2.75) is 13.8 Å². The summed E-state index contributed by atoms with van der Waals surface area (Å²) in [6.07, 6.45) is 5.28. The molecule has 0 atom stereocenters. The van der Waals surface area contributed by atoms with Gasteiger partial charge in [0.1, 0.15) is 0 Å². The average molecular weight is 161 g/mol. The van der Waals surface area contributed by atoms with Crippen LogP contribution < -0.4 is 10.6 Å². The summed E-state index contributed by atoms with van der Waals surface area (Å²) in [7, 11) is 0. The van der Waals surface area contributed by atoms with Gasteiger partial charge in [0.25, 0.3) is 0 Å². The molecular weight excluding hydrogens is 146 g/mol. The monoisotopic (exact) mass is 161 g/mol. The normalized spacial score (nSPS) is 10.0. The van der Waals surface area contributed by atoms with Crippen LogP contribution in [0.1, 0.15) is 13.8 Å². The number of aromatic nitrogens is 1. The molecular formula is C11H15N. The maximum atomic E-state index is 4.08. The van der Waals surface area contributed by atoms with Crippen molar-refractivity contribution in [3.05, 3.63) is 41.6 Å². The largest absolute Gasteiger partial charge is 0.256 e. The fraction of sp³-hybridized carbons (Fsp3) is 0.182. The van der Waals surface area contributed by atoms with E-state index in [1.54, 1.807) is 12.3 Å². The van der Waals surface area contributed by atoms with E-state index in [-0.39, 0.29) is 0 Å². The minimum Gasteiger partial charge on any atom is -0.256 e. The molecule has 1 heterocycles. The van der Waals surface area contributed by atoms with Crippen molar-refractivity contribution in [3.8, 4) is 0 Å². The van der Waals surface area contributed by atoms with Crippen LogP contribution >= 0.6 is 0 Å². The van der Waals surface area contributed by atoms with Gasteiger partial charge in [0.05, 0.1) is 5.35 Å². The third-order valence-corrected chi connectivity index (χ3v) is 1.20. The minimum absolute atomic E-state index is 0.887. The number of pyridine rings is 1. The van der Waals surface area contributed by atoms with Gasteiger partial charge in [-0.25, -0.2) is 0 Å². The van der Waals surface area contributed by atoms with Gasteiger partial charge in [-0.2, -0.15) is 0 Å². The predicted octanol–water partition coefficient (Wildman–Crippen LogP) is 1.48. The Bertz CT molecular complexity index is 325. The Hall–Kier alpha value is -1.37. The molecule has 12 heavy (non-hydrogen) atoms. The number of allylic oxidation sites excluding steroid dienone is 1. The highest BCUT2D eigenvalue weighted by atomic mass is 14.6. The van der Waals surface area contributed by atoms with Crippen LogP contribution in [0.2, 0.25) is 0 Å². The average Bonchev–Trinajstić information content (AvgIpc) is 2.13. The number of rotatable bonds is 1. The topological polar surface area (TPSA) is 12.9 Å². The fourth-order valence-corrected chi connectivity index (χ4v) is 0.713. The second-order valence-corrected chi connectivity index (χ2v) is 1.95. The molecule has 0 fully saturated rings. The highest BCUT2D eigenvalue weighted by Gasteiger charge is 1.76. The molecule has 0 aliphatic heterocycles. The first kappa shape index (κ1) is 10.6. The van der Waals surface area contributed by atoms with E-state index in [9.17, 15) is 0 Å². The molecule has 0 bridgehead atoms. The summed E-state index contributed by atoms with van der Waals surface area (Å²) in [5.74, 6) is 0. The molecule has 0 radical (unpaired) electrons. The van der Waals surface area contributed by atoms with Crippen molar-refractivity contribution in [2.24, 2.45) is 0 Å². The summed E-state index contributed by atoms with van der Waals surface area (Å²) < 4.78 is 0. The first-order valence-corrected chi connectivity index (χ1v) is 4.07. The Kier molecular flexibility index (Phi) is 5.62. The van der Waals surface area contributed by atoms with Crippen LogP contribution in [0.15, 0.2) is 31.0 Å². The van der Waals surface area contributed by atoms with E-state index in [0.29, 0.717) is 0 Å². The summed E-state index contributed by atoms with van der Waals surface area (Å²) in [5, 5.41) is 1.82. The van der Waals surface area contributed by atoms with Gasteiger partial charge in [0, 0.05) is 6.20 Å². The first-order chi connectivity index (χ1) is 5.84. The summed E-state index contributed by atoms with van der Waals surface area (Å²) in [6, 6.07) is 3.78. The zero-order valence-electron chi connectivity index (χ0n) is 7.75. The van der Waals surface area contributed by atoms with E-state index in [1.807, 2.05) is 32.1 Å². The summed E-state index contributed by atoms with van der Waals surface area (Å²) in [5.41, 5.74) is 0. The van der Waals surface area contributed by atoms with E-state index >= 15 is 0 Å². The Morgan fingerprint density at radius 1 is 1.42 bits per heavy atom. The molecule has 0 aliphatic rings. The van der Waals surface area contributed by atoms with E-state index in [1.165, 1.54) is 0 Å². The van der Waals surface area contributed by atoms with Gasteiger partial charge in [-0.3, -0.25) is 4.98 Å². The smallest absolute Gasteiger partial charge is 0.0695 e. The SMILES string of the molecule is C=C/C=c1/ncccc1=C.CC. The lowest BCUT2D eigenvalue weighted by atomic mass is 10.3. The van der Waals surface area contributed by atoms with Crippen molar-refractivity contribution in [2.75, 3.05) is 0 Å². The van der Waals surface area contributed by atoms with E-state index in [4.69, 9.17) is 0 Å². The molecule has 1 aromatic rings. The van der Waals surface area contributed by atoms with Crippen LogP contribution in [-0.2, 0) is 0 Å². The van der Waals surface area contributed by atoms with E-state index < -0.39 is 0 Å². The molecule has 64 valence electrons. The highest BCUT2D eigenvalue weighted by molar-refractivity contribution is 5.32. The van der Waals surface area contributed by atoms with Gasteiger partial charge in [0.15, 0.2) is 0 Å². The minimum atomic E-state index is 0.887. The zero-order valence-corrected chi connectivity index (χ0v) is 7.75. The lowest BCUT2D eigenvalue weighted by Gasteiger charge is -1.82. The van der Waals surface area contributed by atoms with Crippen molar-refractivity contribution >= 4 is 12.7 Å². The lowest BCUT2D eigenvalue weighted by molar-refractivity contribution is 1.23. The van der Waals surface area contributed by atoms with E-state index in [2.05, 4.69) is 18.1 Å². The van der Waals surface area contributed by atoms with Crippen LogP contribution in [0.3, 0.4) is 0 Å². The van der Waals surface area contributed by atoms with Gasteiger partial charge >= 0.3 is 0 Å². The molecule has 0 aromatic carbocycles. The van der Waals surface area contributed by atoms with Gasteiger partial charge < -0.3 is 0 Å². The number of hydrogen-bond donors (Lipinski definition) is 0. The van der Waals surface area contributed by atoms with Crippen LogP contribution in [0.5, 0.6) is 0 Å². The number of nitrogens with zero attached hydrogens (tertiary/aromatic N) is 1. The molecule has 1 rings (SSSR count). The van der Waals surface area contributed by atoms with Crippen molar-refractivity contribution in [1.29, 1.82) is 0 Å². The quantitative estimate of drug-likeness (QED) is 0.608. The Morgan fingerprint density at radius 3 is 2.58 bits per heavy atom. The summed E-state index contributed by atoms with van der Waals surface area (Å²) in [4.78, 5) is 4.08. The molecule has 0 unspecified atom stereocenters. The second kappa shape index (κ2) is 6.35. The summed E-state index contributed by atoms with van der Waals surface area (Å²) in [6.45, 7) is 11.4. The fourth-order valence-electron chi connectivity index (χ4n) is 0.713. The zero-order chi connectivity index (χ0) is 9.40. The maximum Gasteiger partial charge on any atom is 0.0695 e. The Balaban J connectivity index is 0.000000561. The predicted molar refractivity (Wildman–Crippen MR) is 55.0 cm³/mol. The van der Waals surface area contributed by atoms with Crippen LogP contribution in [0, 0.1) is 0 Å². The van der Waals surface area contributed by atoms with Crippen LogP contribution in [0.25, 0.3) is 12.7 Å². The van der Waals surface area contributed by atoms with Gasteiger partial charge in [0.2, 0.25) is 0 Å². The Morgan fingerprint density at radius 2 is 2.08 bits per heavy atom. The molecule has 0 amide bonds. The molecule has 0 spiro atoms. The van der Waals surface area contributed by atoms with E-state index in [0.717, 1.165) is 10.6 Å². The summed E-state index contributed by atoms with van der Waals surface area (Å²) >= 11 is 0. The van der Waals surface area contributed by atoms with Crippen molar-refractivity contribution in [3.63, 3.8) is 0 Å². The van der Waals surface area contributed by atoms with Gasteiger partial charge in [-0.1, -0.05) is 39.1 Å². The molecule has 1 heteroatoms. The van der Waals surface area contributed by atoms with Gasteiger partial charge in [-0.15, -0.1) is 0 Å². The first-order valence-electron chi connectivity index (χ1n) is 4.07. The van der Waals surface area contributed by atoms with Crippen LogP contribution in [-0.4, -0.2) is 4.98 Å². The highest BCUT2D eigenvalue weighted by Crippen LogP contribution is 1.65. The molecule has 1 aromatic heterocycles. The third-order valence-electron chi connectivity index (χ3n) is 1.20. The standard InChI is InChI=1S/C9H9N.C2H6/c1-3-5-9-8(2)6-4-7-10-9;1-2/h3-7H,1-2H2;1-2H3/b9-5+;. The van der Waals surface area contributed by atoms with Crippen molar-refractivity contribution < 1.29 is 0 Å².